The van der Waals surface area contributed by atoms with Crippen molar-refractivity contribution in [1.82, 2.24) is 26.2 Å². The van der Waals surface area contributed by atoms with Crippen LogP contribution in [0.15, 0.2) is 29.4 Å². The molecule has 0 bridgehead atoms. The molecule has 0 radical (unpaired) electrons. The Morgan fingerprint density at radius 3 is 2.02 bits per heavy atom. The minimum Gasteiger partial charge on any atom is -0.368 e. The van der Waals surface area contributed by atoms with Crippen LogP contribution in [0.2, 0.25) is 5.02 Å². The molecule has 21 heteroatoms. The van der Waals surface area contributed by atoms with Gasteiger partial charge in [0.1, 0.15) is 23.2 Å². The number of nitrogens with one attached hydrogen (secondary N) is 4. The molecular formula is C38H44ClF4N7O9. The Balaban J connectivity index is 1.87. The van der Waals surface area contributed by atoms with E-state index in [1.54, 1.807) is 19.0 Å². The Labute approximate surface area is 340 Å². The van der Waals surface area contributed by atoms with E-state index in [0.717, 1.165) is 12.8 Å². The molecule has 0 aliphatic heterocycles. The Kier molecular flexibility index (Phi) is 18.1. The molecule has 3 rings (SSSR count). The maximum atomic E-state index is 15.1. The second-order valence-electron chi connectivity index (χ2n) is 13.7. The quantitative estimate of drug-likeness (QED) is 0.0468. The van der Waals surface area contributed by atoms with Gasteiger partial charge >= 0.3 is 11.9 Å². The number of carbonyl (C=O) groups excluding carboxylic acids is 8. The van der Waals surface area contributed by atoms with E-state index in [-0.39, 0.29) is 49.2 Å². The average molecular weight is 854 g/mol. The maximum absolute atomic E-state index is 15.1. The van der Waals surface area contributed by atoms with Crippen molar-refractivity contribution in [3.63, 3.8) is 0 Å². The van der Waals surface area contributed by atoms with Crippen molar-refractivity contribution in [2.45, 2.75) is 96.2 Å². The Hall–Kier alpha value is -5.79. The van der Waals surface area contributed by atoms with Gasteiger partial charge in [0.2, 0.25) is 17.6 Å². The predicted molar refractivity (Wildman–Crippen MR) is 202 cm³/mol. The lowest BCUT2D eigenvalue weighted by Gasteiger charge is -2.32. The number of unbranched alkanes of at least 4 members (excludes halogenated alkanes) is 1. The van der Waals surface area contributed by atoms with Gasteiger partial charge < -0.3 is 27.0 Å². The molecule has 3 atom stereocenters. The fraction of sp³-hybridized carbons (Fsp3) is 0.474. The van der Waals surface area contributed by atoms with Crippen LogP contribution in [0.25, 0.3) is 0 Å². The van der Waals surface area contributed by atoms with E-state index in [4.69, 9.17) is 17.3 Å². The summed E-state index contributed by atoms with van der Waals surface area (Å²) in [6, 6.07) is 0.0960. The lowest BCUT2D eigenvalue weighted by Crippen LogP contribution is -2.58. The zero-order chi connectivity index (χ0) is 44.0. The third kappa shape index (κ3) is 12.4. The molecule has 320 valence electrons. The maximum Gasteiger partial charge on any atom is 0.324 e. The molecule has 1 saturated carbocycles. The monoisotopic (exact) mass is 853 g/mol. The van der Waals surface area contributed by atoms with Crippen LogP contribution >= 0.6 is 11.6 Å². The highest BCUT2D eigenvalue weighted by molar-refractivity contribution is 6.38. The van der Waals surface area contributed by atoms with E-state index in [0.29, 0.717) is 24.2 Å². The number of halogens is 5. The number of nitrogens with two attached hydrogens (primary N) is 1. The summed E-state index contributed by atoms with van der Waals surface area (Å²) in [5.41, 5.74) is 1.85. The van der Waals surface area contributed by atoms with Crippen molar-refractivity contribution >= 4 is 58.9 Å². The molecule has 0 aromatic heterocycles. The molecule has 0 saturated heterocycles. The summed E-state index contributed by atoms with van der Waals surface area (Å²) in [5, 5.41) is 10.9. The van der Waals surface area contributed by atoms with Crippen molar-refractivity contribution < 1.29 is 55.9 Å². The van der Waals surface area contributed by atoms with Crippen LogP contribution in [0.3, 0.4) is 0 Å². The highest BCUT2D eigenvalue weighted by atomic mass is 35.5. The van der Waals surface area contributed by atoms with Crippen LogP contribution in [0, 0.1) is 34.1 Å². The number of Topliss-reactive ketones (excluding diaryl/α,β-unsaturated/α-hetero) is 1. The van der Waals surface area contributed by atoms with E-state index >= 15 is 8.78 Å². The van der Waals surface area contributed by atoms with Crippen LogP contribution in [0.5, 0.6) is 0 Å². The number of benzene rings is 2. The number of hydrogen-bond acceptors (Lipinski definition) is 9. The molecule has 1 fully saturated rings. The Bertz CT molecular complexity index is 1930. The number of primary amides is 1. The standard InChI is InChI=1S/C38H44ClF4N7O9/c1-3-5-16-50(38(58)46-22(11-4-2)32(52)36(56)45-18-23(51)47-30(33(44)53)20-14-10-15-21(39)17-20)37(57)31(19-12-8-6-7-9-13-19)48-34(54)24-26(40)28(42)25(35(55)49-59)29(43)27(24)41/h10,14-15,17,19,22,30-31H,3-9,11-13,16,18H2,1-2H3,(H2,44,53)(H,45,56)(H,46,58)(H,47,51)(H,48,54). The van der Waals surface area contributed by atoms with Gasteiger partial charge in [0.15, 0.2) is 23.3 Å². The summed E-state index contributed by atoms with van der Waals surface area (Å²) < 4.78 is 59.6. The molecule has 0 spiro atoms. The molecule has 1 aliphatic carbocycles. The summed E-state index contributed by atoms with van der Waals surface area (Å²) in [6.07, 6.45) is 3.78. The molecule has 1 aliphatic rings. The van der Waals surface area contributed by atoms with Crippen molar-refractivity contribution in [3.8, 4) is 0 Å². The summed E-state index contributed by atoms with van der Waals surface area (Å²) >= 11 is 5.96. The molecule has 16 nitrogen and oxygen atoms in total. The topological polar surface area (TPSA) is 243 Å². The van der Waals surface area contributed by atoms with Gasteiger partial charge in [0.25, 0.3) is 17.7 Å². The van der Waals surface area contributed by atoms with Crippen LogP contribution in [0.4, 0.5) is 22.4 Å². The number of nitroso groups, excluding NO2 is 1. The van der Waals surface area contributed by atoms with E-state index in [1.165, 1.54) is 24.3 Å². The Morgan fingerprint density at radius 1 is 0.864 bits per heavy atom. The highest BCUT2D eigenvalue weighted by Gasteiger charge is 2.40. The molecule has 3 unspecified atom stereocenters. The fourth-order valence-corrected chi connectivity index (χ4v) is 6.71. The number of ketones is 1. The van der Waals surface area contributed by atoms with Crippen LogP contribution < -0.4 is 27.0 Å². The minimum atomic E-state index is -2.37. The van der Waals surface area contributed by atoms with Crippen molar-refractivity contribution in [3.05, 3.63) is 74.2 Å². The lowest BCUT2D eigenvalue weighted by molar-refractivity contribution is -0.139. The smallest absolute Gasteiger partial charge is 0.324 e. The first-order valence-electron chi connectivity index (χ1n) is 18.8. The number of nitrogens with zero attached hydrogens (tertiary/aromatic N) is 2. The third-order valence-corrected chi connectivity index (χ3v) is 9.79. The van der Waals surface area contributed by atoms with Gasteiger partial charge in [-0.25, -0.2) is 22.4 Å². The number of imide groups is 1. The molecule has 0 heterocycles. The molecule has 2 aromatic carbocycles. The first-order valence-corrected chi connectivity index (χ1v) is 19.2. The Morgan fingerprint density at radius 2 is 1.47 bits per heavy atom. The lowest BCUT2D eigenvalue weighted by atomic mass is 9.90. The van der Waals surface area contributed by atoms with Gasteiger partial charge in [-0.05, 0) is 49.3 Å². The second-order valence-corrected chi connectivity index (χ2v) is 14.2. The molecule has 59 heavy (non-hydrogen) atoms. The van der Waals surface area contributed by atoms with Gasteiger partial charge in [-0.15, -0.1) is 4.91 Å². The summed E-state index contributed by atoms with van der Waals surface area (Å²) in [7, 11) is 0. The van der Waals surface area contributed by atoms with Gasteiger partial charge in [-0.2, -0.15) is 0 Å². The second kappa shape index (κ2) is 22.4. The van der Waals surface area contributed by atoms with E-state index in [9.17, 15) is 52.0 Å². The van der Waals surface area contributed by atoms with Crippen LogP contribution in [-0.2, 0) is 24.0 Å². The molecule has 8 amide bonds. The van der Waals surface area contributed by atoms with Gasteiger partial charge in [0.05, 0.1) is 12.6 Å². The summed E-state index contributed by atoms with van der Waals surface area (Å²) in [5.74, 6) is -19.7. The van der Waals surface area contributed by atoms with Crippen LogP contribution in [-0.4, -0.2) is 77.3 Å². The first-order chi connectivity index (χ1) is 28.0. The minimum absolute atomic E-state index is 0.130. The van der Waals surface area contributed by atoms with Gasteiger partial charge in [-0.1, -0.05) is 76.1 Å². The molecule has 2 aromatic rings. The fourth-order valence-electron chi connectivity index (χ4n) is 6.51. The average Bonchev–Trinajstić information content (AvgIpc) is 3.49. The number of urea groups is 1. The van der Waals surface area contributed by atoms with Crippen LogP contribution in [0.1, 0.15) is 110 Å². The highest BCUT2D eigenvalue weighted by Crippen LogP contribution is 2.29. The number of carbonyl (C=O) groups is 8. The van der Waals surface area contributed by atoms with E-state index < -0.39 is 112 Å². The normalized spacial score (nSPS) is 14.4. The van der Waals surface area contributed by atoms with Gasteiger partial charge in [0, 0.05) is 16.7 Å². The van der Waals surface area contributed by atoms with E-state index in [1.807, 2.05) is 0 Å². The third-order valence-electron chi connectivity index (χ3n) is 9.55. The van der Waals surface area contributed by atoms with Crippen molar-refractivity contribution in [2.75, 3.05) is 13.1 Å². The van der Waals surface area contributed by atoms with Crippen molar-refractivity contribution in [2.24, 2.45) is 16.8 Å². The summed E-state index contributed by atoms with van der Waals surface area (Å²) in [6.45, 7) is 2.23. The predicted octanol–water partition coefficient (Wildman–Crippen LogP) is 4.41. The van der Waals surface area contributed by atoms with Crippen molar-refractivity contribution in [1.29, 1.82) is 0 Å². The number of hydrogen-bond donors (Lipinski definition) is 5. The first kappa shape index (κ1) is 47.6. The van der Waals surface area contributed by atoms with Gasteiger partial charge in [-0.3, -0.25) is 38.5 Å². The SMILES string of the molecule is CCCCN(C(=O)NC(CCC)C(=O)C(=O)NCC(=O)NC(C(N)=O)c1cccc(Cl)c1)C(=O)C(NC(=O)c1c(F)c(F)c(C(=O)N=O)c(F)c1F)C1CCCCCC1. The largest absolute Gasteiger partial charge is 0.368 e. The zero-order valence-corrected chi connectivity index (χ0v) is 32.9. The summed E-state index contributed by atoms with van der Waals surface area (Å²) in [4.78, 5) is 115. The van der Waals surface area contributed by atoms with E-state index in [2.05, 4.69) is 21.3 Å². The number of amides is 8. The number of rotatable bonds is 18. The zero-order valence-electron chi connectivity index (χ0n) is 32.1. The molecule has 6 N–H and O–H groups in total. The molecular weight excluding hydrogens is 810 g/mol.